The number of phosphoric acid groups is 1. The maximum atomic E-state index is 12.8. The Morgan fingerprint density at radius 2 is 0.946 bits per heavy atom. The number of aliphatic hydroxyl groups excluding tert-OH is 5. The quantitative estimate of drug-likeness (QED) is 0.0150. The molecule has 0 saturated heterocycles. The van der Waals surface area contributed by atoms with Gasteiger partial charge >= 0.3 is 13.8 Å². The maximum Gasteiger partial charge on any atom is 0.472 e. The van der Waals surface area contributed by atoms with E-state index >= 15 is 0 Å². The van der Waals surface area contributed by atoms with Crippen LogP contribution in [-0.4, -0.2) is 98.9 Å². The first-order valence-corrected chi connectivity index (χ1v) is 24.0. The van der Waals surface area contributed by atoms with Gasteiger partial charge in [-0.15, -0.1) is 0 Å². The van der Waals surface area contributed by atoms with Crippen LogP contribution in [0.25, 0.3) is 0 Å². The number of ether oxygens (including phenoxy) is 2. The van der Waals surface area contributed by atoms with Crippen LogP contribution in [0.5, 0.6) is 0 Å². The number of hydrogen-bond acceptors (Lipinski definition) is 11. The Morgan fingerprint density at radius 3 is 1.41 bits per heavy atom. The molecular formula is C43H83O12P. The van der Waals surface area contributed by atoms with Crippen LogP contribution in [0.4, 0.5) is 0 Å². The molecule has 1 saturated carbocycles. The van der Waals surface area contributed by atoms with Crippen LogP contribution in [0, 0.1) is 0 Å². The number of allylic oxidation sites excluding steroid dienone is 2. The van der Waals surface area contributed by atoms with Gasteiger partial charge in [-0.1, -0.05) is 161 Å². The molecule has 13 heteroatoms. The highest BCUT2D eigenvalue weighted by Gasteiger charge is 2.51. The van der Waals surface area contributed by atoms with Gasteiger partial charge in [0.15, 0.2) is 0 Å². The van der Waals surface area contributed by atoms with E-state index in [2.05, 4.69) is 26.0 Å². The summed E-state index contributed by atoms with van der Waals surface area (Å²) in [7, 11) is -5.01. The summed E-state index contributed by atoms with van der Waals surface area (Å²) in [5.74, 6) is -0.477. The second-order valence-electron chi connectivity index (χ2n) is 15.9. The fraction of sp³-hybridized carbons (Fsp3) is 0.930. The lowest BCUT2D eigenvalue weighted by molar-refractivity contribution is -0.220. The predicted molar refractivity (Wildman–Crippen MR) is 221 cm³/mol. The zero-order valence-electron chi connectivity index (χ0n) is 35.2. The number of hydrogen-bond donors (Lipinski definition) is 6. The number of unbranched alkanes of at least 4 members (excludes halogenated alkanes) is 24. The Balaban J connectivity index is 2.38. The first kappa shape index (κ1) is 53.1. The first-order chi connectivity index (χ1) is 27.0. The summed E-state index contributed by atoms with van der Waals surface area (Å²) in [5.41, 5.74) is 0. The van der Waals surface area contributed by atoms with Gasteiger partial charge < -0.3 is 39.9 Å². The molecule has 6 N–H and O–H groups in total. The fourth-order valence-electron chi connectivity index (χ4n) is 7.00. The van der Waals surface area contributed by atoms with E-state index < -0.39 is 63.1 Å². The van der Waals surface area contributed by atoms with Crippen molar-refractivity contribution in [2.75, 3.05) is 19.8 Å². The Morgan fingerprint density at radius 1 is 0.554 bits per heavy atom. The van der Waals surface area contributed by atoms with E-state index in [1.807, 2.05) is 0 Å². The molecular weight excluding hydrogens is 739 g/mol. The summed E-state index contributed by atoms with van der Waals surface area (Å²) in [6, 6.07) is 0. The molecule has 0 heterocycles. The molecule has 6 unspecified atom stereocenters. The largest absolute Gasteiger partial charge is 0.472 e. The second-order valence-corrected chi connectivity index (χ2v) is 17.3. The van der Waals surface area contributed by atoms with Crippen molar-refractivity contribution in [3.05, 3.63) is 12.2 Å². The predicted octanol–water partition coefficient (Wildman–Crippen LogP) is 8.75. The lowest BCUT2D eigenvalue weighted by Crippen LogP contribution is -2.64. The number of esters is 1. The Labute approximate surface area is 339 Å². The van der Waals surface area contributed by atoms with E-state index in [1.165, 1.54) is 128 Å². The minimum Gasteiger partial charge on any atom is -0.457 e. The molecule has 0 aromatic rings. The number of phosphoric ester groups is 1. The molecule has 56 heavy (non-hydrogen) atoms. The monoisotopic (exact) mass is 823 g/mol. The third kappa shape index (κ3) is 27.0. The minimum absolute atomic E-state index is 0.0737. The molecule has 6 atom stereocenters. The Bertz CT molecular complexity index is 984. The summed E-state index contributed by atoms with van der Waals surface area (Å²) >= 11 is 0. The third-order valence-electron chi connectivity index (χ3n) is 10.6. The van der Waals surface area contributed by atoms with Crippen molar-refractivity contribution in [1.29, 1.82) is 0 Å². The molecule has 1 fully saturated rings. The van der Waals surface area contributed by atoms with Crippen LogP contribution in [0.15, 0.2) is 12.2 Å². The van der Waals surface area contributed by atoms with Gasteiger partial charge in [-0.25, -0.2) is 4.57 Å². The highest BCUT2D eigenvalue weighted by Crippen LogP contribution is 2.47. The molecule has 0 radical (unpaired) electrons. The average molecular weight is 823 g/mol. The highest BCUT2D eigenvalue weighted by molar-refractivity contribution is 7.47. The van der Waals surface area contributed by atoms with Gasteiger partial charge in [0.05, 0.1) is 13.2 Å². The van der Waals surface area contributed by atoms with Crippen molar-refractivity contribution in [2.45, 2.75) is 236 Å². The van der Waals surface area contributed by atoms with Crippen LogP contribution < -0.4 is 0 Å². The summed E-state index contributed by atoms with van der Waals surface area (Å²) in [5, 5.41) is 50.1. The van der Waals surface area contributed by atoms with E-state index in [9.17, 15) is 39.8 Å². The zero-order chi connectivity index (χ0) is 41.3. The van der Waals surface area contributed by atoms with Crippen LogP contribution in [-0.2, 0) is 27.9 Å². The lowest BCUT2D eigenvalue weighted by Gasteiger charge is -2.41. The van der Waals surface area contributed by atoms with Crippen molar-refractivity contribution < 1.29 is 58.3 Å². The smallest absolute Gasteiger partial charge is 0.457 e. The topological polar surface area (TPSA) is 192 Å². The fourth-order valence-corrected chi connectivity index (χ4v) is 7.97. The van der Waals surface area contributed by atoms with Gasteiger partial charge in [-0.05, 0) is 38.5 Å². The van der Waals surface area contributed by atoms with Gasteiger partial charge in [0.25, 0.3) is 0 Å². The molecule has 12 nitrogen and oxygen atoms in total. The maximum absolute atomic E-state index is 12.8. The Hall–Kier alpha value is -0.920. The van der Waals surface area contributed by atoms with E-state index in [0.717, 1.165) is 38.5 Å². The van der Waals surface area contributed by atoms with Crippen molar-refractivity contribution in [1.82, 2.24) is 0 Å². The normalized spacial score (nSPS) is 23.1. The van der Waals surface area contributed by atoms with E-state index in [4.69, 9.17) is 18.5 Å². The van der Waals surface area contributed by atoms with Crippen LogP contribution in [0.2, 0.25) is 0 Å². The lowest BCUT2D eigenvalue weighted by atomic mass is 9.85. The van der Waals surface area contributed by atoms with Crippen molar-refractivity contribution in [3.63, 3.8) is 0 Å². The minimum atomic E-state index is -5.01. The molecule has 0 spiro atoms. The summed E-state index contributed by atoms with van der Waals surface area (Å²) in [6.07, 6.45) is 24.3. The molecule has 0 aromatic heterocycles. The molecule has 1 aliphatic carbocycles. The molecule has 0 aliphatic heterocycles. The molecule has 0 bridgehead atoms. The molecule has 1 rings (SSSR count). The average Bonchev–Trinajstić information content (AvgIpc) is 3.18. The molecule has 1 aliphatic rings. The first-order valence-electron chi connectivity index (χ1n) is 22.5. The Kier molecular flexibility index (Phi) is 33.1. The van der Waals surface area contributed by atoms with E-state index in [1.54, 1.807) is 0 Å². The standard InChI is InChI=1S/C43H83O12P/c1-3-5-7-9-11-13-15-16-17-18-19-20-21-23-25-27-29-31-33-52-34-36(54-37(44)32-30-28-26-24-22-14-12-10-8-6-4-2)35-53-56(50,51)55-43-41(48)39(46)38(45)40(47)42(43)49/h16-17,36,38-43,45-49H,3-15,18-35H2,1-2H3,(H,50,51)/b17-16-. The van der Waals surface area contributed by atoms with Crippen LogP contribution >= 0.6 is 7.82 Å². The number of carbonyl (C=O) groups excluding carboxylic acids is 1. The van der Waals surface area contributed by atoms with Gasteiger partial charge in [0.1, 0.15) is 42.7 Å². The summed E-state index contributed by atoms with van der Waals surface area (Å²) < 4.78 is 34.1. The van der Waals surface area contributed by atoms with Gasteiger partial charge in [-0.2, -0.15) is 0 Å². The highest BCUT2D eigenvalue weighted by atomic mass is 31.2. The summed E-state index contributed by atoms with van der Waals surface area (Å²) in [6.45, 7) is 4.25. The number of carbonyl (C=O) groups is 1. The summed E-state index contributed by atoms with van der Waals surface area (Å²) in [4.78, 5) is 23.1. The van der Waals surface area contributed by atoms with E-state index in [-0.39, 0.29) is 13.0 Å². The van der Waals surface area contributed by atoms with Crippen molar-refractivity contribution in [2.24, 2.45) is 0 Å². The third-order valence-corrected chi connectivity index (χ3v) is 11.6. The van der Waals surface area contributed by atoms with Gasteiger partial charge in [0, 0.05) is 13.0 Å². The SMILES string of the molecule is CCCCCCCC/C=C\CCCCCCCCCCOCC(COP(=O)(O)OC1C(O)C(O)C(O)C(O)C1O)OC(=O)CCCCCCCCCCCCC. The number of rotatable bonds is 38. The number of aliphatic hydroxyl groups is 5. The second kappa shape index (κ2) is 34.9. The van der Waals surface area contributed by atoms with Crippen molar-refractivity contribution in [3.8, 4) is 0 Å². The van der Waals surface area contributed by atoms with E-state index in [0.29, 0.717) is 13.0 Å². The van der Waals surface area contributed by atoms with Crippen LogP contribution in [0.1, 0.15) is 194 Å². The molecule has 0 amide bonds. The van der Waals surface area contributed by atoms with Crippen molar-refractivity contribution >= 4 is 13.8 Å². The van der Waals surface area contributed by atoms with Gasteiger partial charge in [-0.3, -0.25) is 13.8 Å². The molecule has 0 aromatic carbocycles. The van der Waals surface area contributed by atoms with Gasteiger partial charge in [0.2, 0.25) is 0 Å². The van der Waals surface area contributed by atoms with Crippen LogP contribution in [0.3, 0.4) is 0 Å². The molecule has 332 valence electrons. The zero-order valence-corrected chi connectivity index (χ0v) is 36.1.